The van der Waals surface area contributed by atoms with Crippen LogP contribution in [0.5, 0.6) is 11.5 Å². The molecule has 2 aromatic heterocycles. The Bertz CT molecular complexity index is 952. The lowest BCUT2D eigenvalue weighted by molar-refractivity contribution is 0.318. The zero-order valence-corrected chi connectivity index (χ0v) is 14.6. The minimum Gasteiger partial charge on any atom is -0.504 e. The van der Waals surface area contributed by atoms with Crippen LogP contribution in [0.3, 0.4) is 0 Å². The van der Waals surface area contributed by atoms with Gasteiger partial charge in [0.1, 0.15) is 11.2 Å². The quantitative estimate of drug-likeness (QED) is 0.539. The van der Waals surface area contributed by atoms with Crippen LogP contribution < -0.4 is 10.2 Å². The van der Waals surface area contributed by atoms with Crippen molar-refractivity contribution in [2.75, 3.05) is 12.0 Å². The maximum absolute atomic E-state index is 9.75. The van der Waals surface area contributed by atoms with Crippen LogP contribution in [0.1, 0.15) is 29.3 Å². The number of hydrogen-bond acceptors (Lipinski definition) is 7. The first kappa shape index (κ1) is 15.8. The summed E-state index contributed by atoms with van der Waals surface area (Å²) in [5.41, 5.74) is 5.23. The normalized spacial score (nSPS) is 13.5. The standard InChI is InChI=1S/C18H18N4O2S/c1-2-24-14-8-11(6-7-13(14)23)9-21-22-17-16-12-4-3-5-15(12)25-18(16)20-10-19-17/h6-10,23H,2-5H2,1H3,(H,19,20,22)/b21-9-. The highest BCUT2D eigenvalue weighted by Gasteiger charge is 2.20. The number of ether oxygens (including phenoxy) is 1. The van der Waals surface area contributed by atoms with E-state index in [1.807, 2.05) is 6.92 Å². The highest BCUT2D eigenvalue weighted by Crippen LogP contribution is 2.39. The highest BCUT2D eigenvalue weighted by atomic mass is 32.1. The molecule has 6 nitrogen and oxygen atoms in total. The number of hydrazone groups is 1. The van der Waals surface area contributed by atoms with E-state index in [2.05, 4.69) is 20.5 Å². The summed E-state index contributed by atoms with van der Waals surface area (Å²) in [6.07, 6.45) is 6.66. The molecule has 0 unspecified atom stereocenters. The van der Waals surface area contributed by atoms with Gasteiger partial charge in [-0.2, -0.15) is 5.10 Å². The Morgan fingerprint density at radius 3 is 3.16 bits per heavy atom. The number of rotatable bonds is 5. The molecule has 7 heteroatoms. The Labute approximate surface area is 149 Å². The average Bonchev–Trinajstić information content (AvgIpc) is 3.19. The molecule has 25 heavy (non-hydrogen) atoms. The van der Waals surface area contributed by atoms with E-state index < -0.39 is 0 Å². The molecule has 0 amide bonds. The number of thiophene rings is 1. The topological polar surface area (TPSA) is 79.6 Å². The van der Waals surface area contributed by atoms with Crippen LogP contribution in [0.25, 0.3) is 10.2 Å². The number of phenolic OH excluding ortho intramolecular Hbond substituents is 1. The van der Waals surface area contributed by atoms with Crippen LogP contribution in [0.2, 0.25) is 0 Å². The summed E-state index contributed by atoms with van der Waals surface area (Å²) in [5.74, 6) is 1.31. The molecular weight excluding hydrogens is 336 g/mol. The smallest absolute Gasteiger partial charge is 0.161 e. The molecule has 0 aliphatic heterocycles. The van der Waals surface area contributed by atoms with Gasteiger partial charge in [-0.1, -0.05) is 0 Å². The Kier molecular flexibility index (Phi) is 4.23. The predicted molar refractivity (Wildman–Crippen MR) is 99.9 cm³/mol. The second-order valence-corrected chi connectivity index (χ2v) is 6.87. The molecule has 1 aliphatic rings. The molecule has 4 rings (SSSR count). The van der Waals surface area contributed by atoms with Crippen LogP contribution >= 0.6 is 11.3 Å². The summed E-state index contributed by atoms with van der Waals surface area (Å²) in [4.78, 5) is 11.2. The van der Waals surface area contributed by atoms with Gasteiger partial charge < -0.3 is 9.84 Å². The van der Waals surface area contributed by atoms with Crippen molar-refractivity contribution >= 4 is 33.6 Å². The Morgan fingerprint density at radius 1 is 1.36 bits per heavy atom. The average molecular weight is 354 g/mol. The maximum atomic E-state index is 9.75. The Morgan fingerprint density at radius 2 is 2.28 bits per heavy atom. The van der Waals surface area contributed by atoms with Gasteiger partial charge in [0.15, 0.2) is 17.3 Å². The molecular formula is C18H18N4O2S. The van der Waals surface area contributed by atoms with E-state index in [1.165, 1.54) is 16.9 Å². The van der Waals surface area contributed by atoms with Gasteiger partial charge in [0.05, 0.1) is 18.2 Å². The minimum absolute atomic E-state index is 0.123. The molecule has 0 radical (unpaired) electrons. The van der Waals surface area contributed by atoms with Crippen molar-refractivity contribution in [3.63, 3.8) is 0 Å². The van der Waals surface area contributed by atoms with Crippen LogP contribution in [0.15, 0.2) is 29.6 Å². The lowest BCUT2D eigenvalue weighted by atomic mass is 10.2. The molecule has 0 saturated heterocycles. The van der Waals surface area contributed by atoms with Gasteiger partial charge in [-0.3, -0.25) is 5.43 Å². The summed E-state index contributed by atoms with van der Waals surface area (Å²) < 4.78 is 5.39. The van der Waals surface area contributed by atoms with Crippen LogP contribution in [0, 0.1) is 0 Å². The predicted octanol–water partition coefficient (Wildman–Crippen LogP) is 3.73. The molecule has 3 aromatic rings. The van der Waals surface area contributed by atoms with Crippen LogP contribution in [-0.4, -0.2) is 27.9 Å². The Balaban J connectivity index is 1.58. The third-order valence-electron chi connectivity index (χ3n) is 4.17. The third-order valence-corrected chi connectivity index (χ3v) is 5.37. The number of benzene rings is 1. The number of nitrogens with zero attached hydrogens (tertiary/aromatic N) is 3. The van der Waals surface area contributed by atoms with Gasteiger partial charge >= 0.3 is 0 Å². The molecule has 1 aromatic carbocycles. The van der Waals surface area contributed by atoms with Gasteiger partial charge in [-0.05, 0) is 55.5 Å². The largest absolute Gasteiger partial charge is 0.504 e. The van der Waals surface area contributed by atoms with E-state index >= 15 is 0 Å². The minimum atomic E-state index is 0.123. The monoisotopic (exact) mass is 354 g/mol. The molecule has 0 spiro atoms. The fourth-order valence-electron chi connectivity index (χ4n) is 3.06. The van der Waals surface area contributed by atoms with Crippen molar-refractivity contribution < 1.29 is 9.84 Å². The number of aromatic nitrogens is 2. The zero-order valence-electron chi connectivity index (χ0n) is 13.8. The summed E-state index contributed by atoms with van der Waals surface area (Å²) in [7, 11) is 0. The number of phenols is 1. The second-order valence-electron chi connectivity index (χ2n) is 5.79. The number of hydrogen-bond donors (Lipinski definition) is 2. The molecule has 0 bridgehead atoms. The van der Waals surface area contributed by atoms with E-state index in [1.54, 1.807) is 42.1 Å². The van der Waals surface area contributed by atoms with Crippen molar-refractivity contribution in [2.45, 2.75) is 26.2 Å². The van der Waals surface area contributed by atoms with Gasteiger partial charge in [-0.15, -0.1) is 11.3 Å². The number of aryl methyl sites for hydroxylation is 2. The summed E-state index contributed by atoms with van der Waals surface area (Å²) in [6, 6.07) is 5.13. The lowest BCUT2D eigenvalue weighted by Gasteiger charge is -2.06. The lowest BCUT2D eigenvalue weighted by Crippen LogP contribution is -1.97. The van der Waals surface area contributed by atoms with E-state index in [0.717, 1.165) is 34.4 Å². The maximum Gasteiger partial charge on any atom is 0.161 e. The van der Waals surface area contributed by atoms with Crippen LogP contribution in [-0.2, 0) is 12.8 Å². The summed E-state index contributed by atoms with van der Waals surface area (Å²) in [5, 5.41) is 15.1. The number of aromatic hydroxyl groups is 1. The number of anilines is 1. The number of nitrogens with one attached hydrogen (secondary N) is 1. The molecule has 0 atom stereocenters. The van der Waals surface area contributed by atoms with E-state index in [0.29, 0.717) is 12.4 Å². The molecule has 0 fully saturated rings. The van der Waals surface area contributed by atoms with Crippen LogP contribution in [0.4, 0.5) is 5.82 Å². The number of fused-ring (bicyclic) bond motifs is 3. The first-order valence-electron chi connectivity index (χ1n) is 8.26. The second kappa shape index (κ2) is 6.68. The van der Waals surface area contributed by atoms with Crippen molar-refractivity contribution in [3.05, 3.63) is 40.5 Å². The van der Waals surface area contributed by atoms with Crippen molar-refractivity contribution in [3.8, 4) is 11.5 Å². The first-order valence-corrected chi connectivity index (χ1v) is 9.08. The fraction of sp³-hybridized carbons (Fsp3) is 0.278. The molecule has 1 aliphatic carbocycles. The van der Waals surface area contributed by atoms with Crippen molar-refractivity contribution in [1.82, 2.24) is 9.97 Å². The fourth-order valence-corrected chi connectivity index (χ4v) is 4.29. The van der Waals surface area contributed by atoms with Gasteiger partial charge in [0.2, 0.25) is 0 Å². The van der Waals surface area contributed by atoms with E-state index in [4.69, 9.17) is 4.74 Å². The molecule has 2 N–H and O–H groups in total. The molecule has 2 heterocycles. The van der Waals surface area contributed by atoms with Gasteiger partial charge in [-0.25, -0.2) is 9.97 Å². The summed E-state index contributed by atoms with van der Waals surface area (Å²) in [6.45, 7) is 2.37. The van der Waals surface area contributed by atoms with Gasteiger partial charge in [0, 0.05) is 4.88 Å². The van der Waals surface area contributed by atoms with Gasteiger partial charge in [0.25, 0.3) is 0 Å². The summed E-state index contributed by atoms with van der Waals surface area (Å²) >= 11 is 1.75. The molecule has 0 saturated carbocycles. The Hall–Kier alpha value is -2.67. The van der Waals surface area contributed by atoms with E-state index in [-0.39, 0.29) is 5.75 Å². The third kappa shape index (κ3) is 3.02. The SMILES string of the molecule is CCOc1cc(/C=N\Nc2ncnc3sc4c(c23)CCC4)ccc1O. The van der Waals surface area contributed by atoms with Crippen molar-refractivity contribution in [2.24, 2.45) is 5.10 Å². The highest BCUT2D eigenvalue weighted by molar-refractivity contribution is 7.19. The van der Waals surface area contributed by atoms with Crippen molar-refractivity contribution in [1.29, 1.82) is 0 Å². The van der Waals surface area contributed by atoms with E-state index in [9.17, 15) is 5.11 Å². The molecule has 128 valence electrons. The zero-order chi connectivity index (χ0) is 17.2. The first-order chi connectivity index (χ1) is 12.3.